The highest BCUT2D eigenvalue weighted by Gasteiger charge is 2.25. The molecule has 0 atom stereocenters. The predicted molar refractivity (Wildman–Crippen MR) is 73.0 cm³/mol. The molecule has 2 aromatic rings. The van der Waals surface area contributed by atoms with Crippen LogP contribution in [-0.2, 0) is 6.61 Å². The van der Waals surface area contributed by atoms with Gasteiger partial charge in [-0.1, -0.05) is 0 Å². The van der Waals surface area contributed by atoms with Crippen molar-refractivity contribution in [1.82, 2.24) is 9.55 Å². The molecule has 1 aromatic heterocycles. The topological polar surface area (TPSA) is 64.3 Å². The van der Waals surface area contributed by atoms with E-state index < -0.39 is 5.97 Å². The van der Waals surface area contributed by atoms with E-state index >= 15 is 0 Å². The molecule has 0 spiro atoms. The Bertz CT molecular complexity index is 644. The number of benzene rings is 1. The first-order valence-corrected chi connectivity index (χ1v) is 6.62. The zero-order valence-corrected chi connectivity index (χ0v) is 11.2. The molecular formula is C15H16N2O3. The van der Waals surface area contributed by atoms with Crippen LogP contribution in [0.3, 0.4) is 0 Å². The summed E-state index contributed by atoms with van der Waals surface area (Å²) >= 11 is 0. The lowest BCUT2D eigenvalue weighted by Gasteiger charge is -2.11. The standard InChI is InChI=1S/C15H16N2O3/c1-10-6-11(15(18)19)2-5-14(10)20-8-13-7-16-9-17(13)12-3-4-12/h2,5-7,9,12H,3-4,8H2,1H3,(H,18,19). The maximum absolute atomic E-state index is 10.9. The Labute approximate surface area is 116 Å². The zero-order valence-electron chi connectivity index (χ0n) is 11.2. The molecule has 104 valence electrons. The lowest BCUT2D eigenvalue weighted by atomic mass is 10.1. The van der Waals surface area contributed by atoms with Gasteiger partial charge in [0.25, 0.3) is 0 Å². The smallest absolute Gasteiger partial charge is 0.335 e. The average molecular weight is 272 g/mol. The van der Waals surface area contributed by atoms with Gasteiger partial charge in [-0.15, -0.1) is 0 Å². The van der Waals surface area contributed by atoms with Gasteiger partial charge < -0.3 is 14.4 Å². The van der Waals surface area contributed by atoms with Crippen molar-refractivity contribution in [3.8, 4) is 5.75 Å². The molecule has 0 unspecified atom stereocenters. The van der Waals surface area contributed by atoms with Crippen LogP contribution in [0.2, 0.25) is 0 Å². The number of aromatic nitrogens is 2. The van der Waals surface area contributed by atoms with Gasteiger partial charge in [-0.05, 0) is 43.5 Å². The zero-order chi connectivity index (χ0) is 14.1. The third-order valence-electron chi connectivity index (χ3n) is 3.48. The monoisotopic (exact) mass is 272 g/mol. The number of nitrogens with zero attached hydrogens (tertiary/aromatic N) is 2. The quantitative estimate of drug-likeness (QED) is 0.909. The SMILES string of the molecule is Cc1cc(C(=O)O)ccc1OCc1cncn1C1CC1. The Morgan fingerprint density at radius 3 is 2.95 bits per heavy atom. The molecule has 0 aliphatic heterocycles. The van der Waals surface area contributed by atoms with E-state index in [-0.39, 0.29) is 5.56 Å². The summed E-state index contributed by atoms with van der Waals surface area (Å²) in [5, 5.41) is 8.93. The van der Waals surface area contributed by atoms with Crippen molar-refractivity contribution in [2.24, 2.45) is 0 Å². The number of rotatable bonds is 5. The average Bonchev–Trinajstić information content (AvgIpc) is 3.16. The maximum Gasteiger partial charge on any atom is 0.335 e. The highest BCUT2D eigenvalue weighted by molar-refractivity contribution is 5.88. The number of imidazole rings is 1. The van der Waals surface area contributed by atoms with Gasteiger partial charge in [0.2, 0.25) is 0 Å². The molecule has 1 saturated carbocycles. The van der Waals surface area contributed by atoms with Crippen molar-refractivity contribution in [3.05, 3.63) is 47.5 Å². The first kappa shape index (κ1) is 12.7. The lowest BCUT2D eigenvalue weighted by molar-refractivity contribution is 0.0696. The van der Waals surface area contributed by atoms with Crippen LogP contribution < -0.4 is 4.74 Å². The van der Waals surface area contributed by atoms with Crippen molar-refractivity contribution in [1.29, 1.82) is 0 Å². The van der Waals surface area contributed by atoms with Gasteiger partial charge in [0.05, 0.1) is 23.8 Å². The van der Waals surface area contributed by atoms with Crippen LogP contribution in [-0.4, -0.2) is 20.6 Å². The van der Waals surface area contributed by atoms with Gasteiger partial charge in [0, 0.05) is 6.04 Å². The third kappa shape index (κ3) is 2.52. The maximum atomic E-state index is 10.9. The third-order valence-corrected chi connectivity index (χ3v) is 3.48. The molecule has 3 rings (SSSR count). The summed E-state index contributed by atoms with van der Waals surface area (Å²) in [6.07, 6.45) is 6.07. The number of aryl methyl sites for hydroxylation is 1. The first-order valence-electron chi connectivity index (χ1n) is 6.62. The van der Waals surface area contributed by atoms with E-state index in [0.717, 1.165) is 11.3 Å². The summed E-state index contributed by atoms with van der Waals surface area (Å²) in [5.41, 5.74) is 2.15. The largest absolute Gasteiger partial charge is 0.487 e. The Balaban J connectivity index is 1.71. The second kappa shape index (κ2) is 5.00. The molecule has 0 radical (unpaired) electrons. The van der Waals surface area contributed by atoms with E-state index in [9.17, 15) is 4.79 Å². The normalized spacial score (nSPS) is 14.2. The Morgan fingerprint density at radius 2 is 2.30 bits per heavy atom. The second-order valence-corrected chi connectivity index (χ2v) is 5.10. The van der Waals surface area contributed by atoms with E-state index in [1.54, 1.807) is 18.2 Å². The van der Waals surface area contributed by atoms with E-state index in [4.69, 9.17) is 9.84 Å². The Kier molecular flexibility index (Phi) is 3.18. The van der Waals surface area contributed by atoms with E-state index in [1.165, 1.54) is 12.8 Å². The fourth-order valence-corrected chi connectivity index (χ4v) is 2.22. The summed E-state index contributed by atoms with van der Waals surface area (Å²) < 4.78 is 7.93. The molecule has 1 N–H and O–H groups in total. The molecule has 1 aliphatic rings. The number of carboxylic acids is 1. The van der Waals surface area contributed by atoms with Gasteiger partial charge >= 0.3 is 5.97 Å². The van der Waals surface area contributed by atoms with Crippen LogP contribution in [0.5, 0.6) is 5.75 Å². The lowest BCUT2D eigenvalue weighted by Crippen LogP contribution is -2.05. The summed E-state index contributed by atoms with van der Waals surface area (Å²) in [5.74, 6) is -0.218. The van der Waals surface area contributed by atoms with Gasteiger partial charge in [-0.25, -0.2) is 9.78 Å². The number of carbonyl (C=O) groups is 1. The van der Waals surface area contributed by atoms with Crippen LogP contribution in [0.15, 0.2) is 30.7 Å². The van der Waals surface area contributed by atoms with Gasteiger partial charge in [-0.3, -0.25) is 0 Å². The van der Waals surface area contributed by atoms with E-state index in [1.807, 2.05) is 19.4 Å². The van der Waals surface area contributed by atoms with E-state index in [0.29, 0.717) is 18.4 Å². The van der Waals surface area contributed by atoms with Gasteiger partial charge in [-0.2, -0.15) is 0 Å². The number of aromatic carboxylic acids is 1. The Hall–Kier alpha value is -2.30. The summed E-state index contributed by atoms with van der Waals surface area (Å²) in [4.78, 5) is 15.0. The molecular weight excluding hydrogens is 256 g/mol. The van der Waals surface area contributed by atoms with Crippen molar-refractivity contribution < 1.29 is 14.6 Å². The van der Waals surface area contributed by atoms with Gasteiger partial charge in [0.1, 0.15) is 12.4 Å². The molecule has 5 heteroatoms. The number of ether oxygens (including phenoxy) is 1. The summed E-state index contributed by atoms with van der Waals surface area (Å²) in [6.45, 7) is 2.30. The predicted octanol–water partition coefficient (Wildman–Crippen LogP) is 2.80. The molecule has 20 heavy (non-hydrogen) atoms. The minimum absolute atomic E-state index is 0.276. The van der Waals surface area contributed by atoms with Crippen molar-refractivity contribution in [3.63, 3.8) is 0 Å². The molecule has 0 saturated heterocycles. The number of hydrogen-bond donors (Lipinski definition) is 1. The second-order valence-electron chi connectivity index (χ2n) is 5.10. The summed E-state index contributed by atoms with van der Waals surface area (Å²) in [7, 11) is 0. The molecule has 1 aliphatic carbocycles. The fourth-order valence-electron chi connectivity index (χ4n) is 2.22. The van der Waals surface area contributed by atoms with Crippen molar-refractivity contribution >= 4 is 5.97 Å². The van der Waals surface area contributed by atoms with Crippen LogP contribution in [0.25, 0.3) is 0 Å². The molecule has 5 nitrogen and oxygen atoms in total. The van der Waals surface area contributed by atoms with Crippen LogP contribution >= 0.6 is 0 Å². The summed E-state index contributed by atoms with van der Waals surface area (Å²) in [6, 6.07) is 5.46. The van der Waals surface area contributed by atoms with Crippen molar-refractivity contribution in [2.45, 2.75) is 32.4 Å². The van der Waals surface area contributed by atoms with Crippen LogP contribution in [0, 0.1) is 6.92 Å². The molecule has 0 bridgehead atoms. The van der Waals surface area contributed by atoms with E-state index in [2.05, 4.69) is 9.55 Å². The van der Waals surface area contributed by atoms with Crippen LogP contribution in [0.4, 0.5) is 0 Å². The molecule has 1 aromatic carbocycles. The molecule has 0 amide bonds. The van der Waals surface area contributed by atoms with Gasteiger partial charge in [0.15, 0.2) is 0 Å². The molecule has 1 heterocycles. The van der Waals surface area contributed by atoms with Crippen molar-refractivity contribution in [2.75, 3.05) is 0 Å². The Morgan fingerprint density at radius 1 is 1.50 bits per heavy atom. The highest BCUT2D eigenvalue weighted by Crippen LogP contribution is 2.35. The number of carboxylic acid groups (broad SMARTS) is 1. The first-order chi connectivity index (χ1) is 9.65. The molecule has 1 fully saturated rings. The minimum atomic E-state index is -0.925. The highest BCUT2D eigenvalue weighted by atomic mass is 16.5. The fraction of sp³-hybridized carbons (Fsp3) is 0.333. The van der Waals surface area contributed by atoms with Crippen LogP contribution in [0.1, 0.15) is 40.5 Å². The minimum Gasteiger partial charge on any atom is -0.487 e. The number of hydrogen-bond acceptors (Lipinski definition) is 3.